The van der Waals surface area contributed by atoms with E-state index in [-0.39, 0.29) is 0 Å². The van der Waals surface area contributed by atoms with Crippen LogP contribution in [0, 0.1) is 20.8 Å². The van der Waals surface area contributed by atoms with Crippen LogP contribution in [0.25, 0.3) is 0 Å². The summed E-state index contributed by atoms with van der Waals surface area (Å²) in [5.74, 6) is 0. The van der Waals surface area contributed by atoms with Gasteiger partial charge in [0.15, 0.2) is 0 Å². The van der Waals surface area contributed by atoms with Crippen molar-refractivity contribution in [1.29, 1.82) is 0 Å². The maximum Gasteiger partial charge on any atom is 0.0453 e. The third-order valence-corrected chi connectivity index (χ3v) is 4.29. The normalized spacial score (nSPS) is 12.4. The number of aromatic nitrogens is 1. The van der Waals surface area contributed by atoms with Gasteiger partial charge in [0, 0.05) is 23.1 Å². The van der Waals surface area contributed by atoms with Gasteiger partial charge in [-0.1, -0.05) is 40.2 Å². The van der Waals surface area contributed by atoms with E-state index in [1.54, 1.807) is 0 Å². The summed E-state index contributed by atoms with van der Waals surface area (Å²) in [4.78, 5) is 4.79. The quantitative estimate of drug-likeness (QED) is 0.750. The molecule has 0 saturated carbocycles. The molecule has 0 N–H and O–H groups in total. The van der Waals surface area contributed by atoms with Gasteiger partial charge in [0.05, 0.1) is 0 Å². The van der Waals surface area contributed by atoms with Crippen LogP contribution in [0.1, 0.15) is 32.8 Å². The molecule has 94 valence electrons. The molecule has 1 unspecified atom stereocenters. The van der Waals surface area contributed by atoms with Crippen LogP contribution in [-0.2, 0) is 6.42 Å². The van der Waals surface area contributed by atoms with Gasteiger partial charge in [0.25, 0.3) is 0 Å². The molecule has 1 atom stereocenters. The van der Waals surface area contributed by atoms with E-state index in [4.69, 9.17) is 0 Å². The molecule has 2 rings (SSSR count). The van der Waals surface area contributed by atoms with Crippen molar-refractivity contribution in [2.75, 3.05) is 0 Å². The zero-order valence-corrected chi connectivity index (χ0v) is 12.7. The summed E-state index contributed by atoms with van der Waals surface area (Å²) in [7, 11) is 0. The van der Waals surface area contributed by atoms with Gasteiger partial charge in [-0.25, -0.2) is 0 Å². The molecule has 1 aromatic heterocycles. The van der Waals surface area contributed by atoms with Gasteiger partial charge in [-0.05, 0) is 49.1 Å². The first-order chi connectivity index (χ1) is 8.59. The molecule has 0 fully saturated rings. The lowest BCUT2D eigenvalue weighted by Crippen LogP contribution is -2.02. The van der Waals surface area contributed by atoms with Gasteiger partial charge in [-0.15, -0.1) is 0 Å². The highest BCUT2D eigenvalue weighted by Crippen LogP contribution is 2.30. The molecule has 0 aliphatic rings. The van der Waals surface area contributed by atoms with E-state index in [1.807, 2.05) is 12.3 Å². The Bertz CT molecular complexity index is 549. The van der Waals surface area contributed by atoms with E-state index in [2.05, 4.69) is 66.0 Å². The van der Waals surface area contributed by atoms with Gasteiger partial charge in [-0.3, -0.25) is 4.98 Å². The number of rotatable bonds is 3. The maximum absolute atomic E-state index is 4.47. The zero-order valence-electron chi connectivity index (χ0n) is 11.1. The summed E-state index contributed by atoms with van der Waals surface area (Å²) in [6.07, 6.45) is 2.79. The van der Waals surface area contributed by atoms with Crippen LogP contribution in [0.4, 0.5) is 0 Å². The standard InChI is InChI=1S/C16H18BrN/c1-11-6-4-8-14(13(11)3)15(17)10-16-12(2)7-5-9-18-16/h4-9,15H,10H2,1-3H3. The van der Waals surface area contributed by atoms with Crippen molar-refractivity contribution in [2.24, 2.45) is 0 Å². The Morgan fingerprint density at radius 3 is 2.50 bits per heavy atom. The van der Waals surface area contributed by atoms with Gasteiger partial charge < -0.3 is 0 Å². The molecule has 0 aliphatic carbocycles. The second-order valence-electron chi connectivity index (χ2n) is 4.73. The van der Waals surface area contributed by atoms with Crippen molar-refractivity contribution in [3.05, 3.63) is 64.5 Å². The second-order valence-corrected chi connectivity index (χ2v) is 5.83. The molecule has 2 heteroatoms. The van der Waals surface area contributed by atoms with Crippen LogP contribution < -0.4 is 0 Å². The van der Waals surface area contributed by atoms with Crippen molar-refractivity contribution in [3.8, 4) is 0 Å². The van der Waals surface area contributed by atoms with Crippen LogP contribution in [0.3, 0.4) is 0 Å². The number of hydrogen-bond acceptors (Lipinski definition) is 1. The fourth-order valence-corrected chi connectivity index (χ4v) is 2.93. The van der Waals surface area contributed by atoms with Crippen molar-refractivity contribution in [3.63, 3.8) is 0 Å². The van der Waals surface area contributed by atoms with Gasteiger partial charge in [0.2, 0.25) is 0 Å². The predicted octanol–water partition coefficient (Wildman–Crippen LogP) is 4.69. The van der Waals surface area contributed by atoms with Crippen LogP contribution in [0.2, 0.25) is 0 Å². The molecule has 1 heterocycles. The lowest BCUT2D eigenvalue weighted by molar-refractivity contribution is 0.883. The average Bonchev–Trinajstić information content (AvgIpc) is 2.35. The van der Waals surface area contributed by atoms with E-state index in [0.717, 1.165) is 6.42 Å². The predicted molar refractivity (Wildman–Crippen MR) is 80.3 cm³/mol. The lowest BCUT2D eigenvalue weighted by atomic mass is 9.98. The Morgan fingerprint density at radius 2 is 1.78 bits per heavy atom. The molecule has 0 aliphatic heterocycles. The van der Waals surface area contributed by atoms with E-state index in [1.165, 1.54) is 27.9 Å². The average molecular weight is 304 g/mol. The molecule has 2 aromatic rings. The number of benzene rings is 1. The minimum Gasteiger partial charge on any atom is -0.261 e. The fraction of sp³-hybridized carbons (Fsp3) is 0.312. The number of nitrogens with zero attached hydrogens (tertiary/aromatic N) is 1. The van der Waals surface area contributed by atoms with Gasteiger partial charge >= 0.3 is 0 Å². The number of aryl methyl sites for hydroxylation is 2. The third-order valence-electron chi connectivity index (χ3n) is 3.47. The van der Waals surface area contributed by atoms with E-state index >= 15 is 0 Å². The highest BCUT2D eigenvalue weighted by molar-refractivity contribution is 9.09. The molecule has 1 aromatic carbocycles. The maximum atomic E-state index is 4.47. The molecule has 0 bridgehead atoms. The number of pyridine rings is 1. The Morgan fingerprint density at radius 1 is 1.06 bits per heavy atom. The molecule has 1 nitrogen and oxygen atoms in total. The topological polar surface area (TPSA) is 12.9 Å². The molecule has 0 spiro atoms. The first-order valence-electron chi connectivity index (χ1n) is 6.20. The van der Waals surface area contributed by atoms with Crippen molar-refractivity contribution < 1.29 is 0 Å². The van der Waals surface area contributed by atoms with Crippen LogP contribution in [0.5, 0.6) is 0 Å². The summed E-state index contributed by atoms with van der Waals surface area (Å²) >= 11 is 3.80. The van der Waals surface area contributed by atoms with Crippen molar-refractivity contribution in [2.45, 2.75) is 32.0 Å². The molecular weight excluding hydrogens is 286 g/mol. The van der Waals surface area contributed by atoms with Crippen molar-refractivity contribution >= 4 is 15.9 Å². The Balaban J connectivity index is 2.25. The highest BCUT2D eigenvalue weighted by Gasteiger charge is 2.13. The Labute approximate surface area is 117 Å². The Hall–Kier alpha value is -1.15. The SMILES string of the molecule is Cc1cccnc1CC(Br)c1cccc(C)c1C. The summed E-state index contributed by atoms with van der Waals surface area (Å²) in [5.41, 5.74) is 6.50. The smallest absolute Gasteiger partial charge is 0.0453 e. The minimum atomic E-state index is 0.325. The lowest BCUT2D eigenvalue weighted by Gasteiger charge is -2.15. The monoisotopic (exact) mass is 303 g/mol. The summed E-state index contributed by atoms with van der Waals surface area (Å²) in [6.45, 7) is 6.46. The number of halogens is 1. The second kappa shape index (κ2) is 5.66. The first kappa shape index (κ1) is 13.3. The van der Waals surface area contributed by atoms with E-state index in [0.29, 0.717) is 4.83 Å². The summed E-state index contributed by atoms with van der Waals surface area (Å²) in [6, 6.07) is 10.6. The minimum absolute atomic E-state index is 0.325. The van der Waals surface area contributed by atoms with Crippen LogP contribution in [-0.4, -0.2) is 4.98 Å². The van der Waals surface area contributed by atoms with Crippen LogP contribution >= 0.6 is 15.9 Å². The van der Waals surface area contributed by atoms with Crippen molar-refractivity contribution in [1.82, 2.24) is 4.98 Å². The third kappa shape index (κ3) is 2.81. The molecule has 0 amide bonds. The van der Waals surface area contributed by atoms with Gasteiger partial charge in [0.1, 0.15) is 0 Å². The molecule has 18 heavy (non-hydrogen) atoms. The molecular formula is C16H18BrN. The summed E-state index contributed by atoms with van der Waals surface area (Å²) < 4.78 is 0. The number of alkyl halides is 1. The Kier molecular flexibility index (Phi) is 4.18. The summed E-state index contributed by atoms with van der Waals surface area (Å²) in [5, 5.41) is 0. The van der Waals surface area contributed by atoms with E-state index < -0.39 is 0 Å². The largest absolute Gasteiger partial charge is 0.261 e. The first-order valence-corrected chi connectivity index (χ1v) is 7.12. The van der Waals surface area contributed by atoms with E-state index in [9.17, 15) is 0 Å². The zero-order chi connectivity index (χ0) is 13.1. The highest BCUT2D eigenvalue weighted by atomic mass is 79.9. The molecule has 0 saturated heterocycles. The van der Waals surface area contributed by atoms with Gasteiger partial charge in [-0.2, -0.15) is 0 Å². The van der Waals surface area contributed by atoms with Crippen LogP contribution in [0.15, 0.2) is 36.5 Å². The number of hydrogen-bond donors (Lipinski definition) is 0. The molecule has 0 radical (unpaired) electrons. The fourth-order valence-electron chi connectivity index (χ4n) is 2.12.